The topological polar surface area (TPSA) is 35.6 Å². The van der Waals surface area contributed by atoms with Crippen molar-refractivity contribution in [3.05, 3.63) is 200 Å². The molecule has 0 bridgehead atoms. The van der Waals surface area contributed by atoms with Gasteiger partial charge in [-0.15, -0.1) is 0 Å². The maximum Gasteiger partial charge on any atom is 0.235 e. The van der Waals surface area contributed by atoms with Gasteiger partial charge < -0.3 is 4.57 Å². The van der Waals surface area contributed by atoms with Crippen LogP contribution in [-0.4, -0.2) is 19.1 Å². The van der Waals surface area contributed by atoms with Gasteiger partial charge in [-0.05, 0) is 76.3 Å². The van der Waals surface area contributed by atoms with E-state index in [0.717, 1.165) is 55.2 Å². The Labute approximate surface area is 329 Å². The Morgan fingerprint density at radius 3 is 2.04 bits per heavy atom. The van der Waals surface area contributed by atoms with E-state index >= 15 is 0 Å². The molecule has 0 radical (unpaired) electrons. The van der Waals surface area contributed by atoms with Crippen LogP contribution in [0.3, 0.4) is 0 Å². The maximum atomic E-state index is 5.45. The van der Waals surface area contributed by atoms with Crippen molar-refractivity contribution in [1.29, 1.82) is 0 Å². The van der Waals surface area contributed by atoms with Gasteiger partial charge in [0.15, 0.2) is 0 Å². The molecule has 0 amide bonds. The number of aromatic nitrogens is 4. The fraction of sp³-hybridized carbons (Fsp3) is 0.0189. The highest BCUT2D eigenvalue weighted by Crippen LogP contribution is 2.41. The van der Waals surface area contributed by atoms with Crippen molar-refractivity contribution in [2.45, 2.75) is 6.92 Å². The molecule has 0 atom stereocenters. The lowest BCUT2D eigenvalue weighted by molar-refractivity contribution is 1.01. The second-order valence-electron chi connectivity index (χ2n) is 14.7. The molecule has 0 saturated heterocycles. The summed E-state index contributed by atoms with van der Waals surface area (Å²) in [6, 6.07) is 60.7. The van der Waals surface area contributed by atoms with Gasteiger partial charge in [0.2, 0.25) is 5.95 Å². The summed E-state index contributed by atoms with van der Waals surface area (Å²) in [5.74, 6) is 0.641. The second-order valence-corrected chi connectivity index (χ2v) is 14.7. The number of fused-ring (bicyclic) bond motifs is 8. The van der Waals surface area contributed by atoms with Gasteiger partial charge in [0.25, 0.3) is 0 Å². The monoisotopic (exact) mass is 728 g/mol. The summed E-state index contributed by atoms with van der Waals surface area (Å²) in [4.78, 5) is 10.7. The highest BCUT2D eigenvalue weighted by molar-refractivity contribution is 6.19. The molecule has 0 aliphatic rings. The number of rotatable bonds is 6. The third-order valence-corrected chi connectivity index (χ3v) is 11.5. The first kappa shape index (κ1) is 32.8. The van der Waals surface area contributed by atoms with Gasteiger partial charge >= 0.3 is 0 Å². The largest absolute Gasteiger partial charge is 0.309 e. The van der Waals surface area contributed by atoms with Gasteiger partial charge in [-0.3, -0.25) is 4.57 Å². The zero-order chi connectivity index (χ0) is 38.0. The number of aryl methyl sites for hydroxylation is 1. The van der Waals surface area contributed by atoms with Gasteiger partial charge in [0, 0.05) is 38.2 Å². The molecule has 0 unspecified atom stereocenters. The lowest BCUT2D eigenvalue weighted by atomic mass is 9.96. The van der Waals surface area contributed by atoms with Crippen molar-refractivity contribution in [3.63, 3.8) is 0 Å². The molecule has 8 aromatic carbocycles. The summed E-state index contributed by atoms with van der Waals surface area (Å²) in [7, 11) is 0. The first-order valence-electron chi connectivity index (χ1n) is 19.4. The maximum absolute atomic E-state index is 5.45. The van der Waals surface area contributed by atoms with Crippen LogP contribution in [0.5, 0.6) is 0 Å². The van der Waals surface area contributed by atoms with E-state index in [1.807, 2.05) is 12.2 Å². The van der Waals surface area contributed by atoms with Crippen LogP contribution in [0.1, 0.15) is 11.1 Å². The van der Waals surface area contributed by atoms with Crippen LogP contribution in [0, 0.1) is 6.92 Å². The van der Waals surface area contributed by atoms with Gasteiger partial charge in [-0.2, -0.15) is 0 Å². The summed E-state index contributed by atoms with van der Waals surface area (Å²) in [6.07, 6.45) is 5.97. The fourth-order valence-corrected chi connectivity index (χ4v) is 8.83. The van der Waals surface area contributed by atoms with E-state index in [1.54, 1.807) is 0 Å². The molecule has 0 saturated carbocycles. The molecule has 0 spiro atoms. The van der Waals surface area contributed by atoms with E-state index in [9.17, 15) is 0 Å². The molecular formula is C53H36N4. The van der Waals surface area contributed by atoms with Crippen molar-refractivity contribution < 1.29 is 0 Å². The molecule has 0 aliphatic carbocycles. The molecule has 3 aromatic heterocycles. The normalized spacial score (nSPS) is 11.9. The van der Waals surface area contributed by atoms with E-state index in [-0.39, 0.29) is 0 Å². The predicted molar refractivity (Wildman–Crippen MR) is 241 cm³/mol. The Kier molecular flexibility index (Phi) is 7.51. The molecule has 11 aromatic rings. The minimum atomic E-state index is 0.641. The molecule has 57 heavy (non-hydrogen) atoms. The number of allylic oxidation sites excluding steroid dienone is 2. The third-order valence-electron chi connectivity index (χ3n) is 11.5. The van der Waals surface area contributed by atoms with Crippen molar-refractivity contribution >= 4 is 71.4 Å². The molecule has 4 nitrogen and oxygen atoms in total. The van der Waals surface area contributed by atoms with Crippen LogP contribution in [-0.2, 0) is 0 Å². The Morgan fingerprint density at radius 2 is 1.19 bits per heavy atom. The zero-order valence-corrected chi connectivity index (χ0v) is 31.4. The lowest BCUT2D eigenvalue weighted by Crippen LogP contribution is -2.03. The van der Waals surface area contributed by atoms with Gasteiger partial charge in [-0.25, -0.2) is 9.97 Å². The van der Waals surface area contributed by atoms with Crippen LogP contribution in [0.15, 0.2) is 189 Å². The summed E-state index contributed by atoms with van der Waals surface area (Å²) in [5.41, 5.74) is 13.2. The first-order valence-corrected chi connectivity index (χ1v) is 19.4. The summed E-state index contributed by atoms with van der Waals surface area (Å²) in [5, 5.41) is 8.25. The van der Waals surface area contributed by atoms with Crippen molar-refractivity contribution in [1.82, 2.24) is 19.1 Å². The molecule has 0 N–H and O–H groups in total. The summed E-state index contributed by atoms with van der Waals surface area (Å²) >= 11 is 0. The molecule has 3 heterocycles. The molecule has 268 valence electrons. The third kappa shape index (κ3) is 5.15. The summed E-state index contributed by atoms with van der Waals surface area (Å²) in [6.45, 7) is 6.13. The van der Waals surface area contributed by atoms with E-state index in [2.05, 4.69) is 199 Å². The number of para-hydroxylation sites is 3. The van der Waals surface area contributed by atoms with Crippen molar-refractivity contribution in [3.8, 4) is 34.0 Å². The molecule has 4 heteroatoms. The van der Waals surface area contributed by atoms with Gasteiger partial charge in [0.05, 0.1) is 33.3 Å². The Morgan fingerprint density at radius 1 is 0.509 bits per heavy atom. The SMILES string of the molecule is C=C/C=C\c1ccc2c3cc4c5ccccc5n(-c5nc(-c6ccc(-c7cccc8ccccc78)cc6)c6ccccc6n5)c4cc3n(-c3ccccc3)c2c1C. The van der Waals surface area contributed by atoms with Crippen LogP contribution < -0.4 is 0 Å². The van der Waals surface area contributed by atoms with Crippen LogP contribution in [0.25, 0.3) is 105 Å². The fourth-order valence-electron chi connectivity index (χ4n) is 8.83. The predicted octanol–water partition coefficient (Wildman–Crippen LogP) is 13.8. The number of hydrogen-bond acceptors (Lipinski definition) is 2. The quantitative estimate of drug-likeness (QED) is 0.160. The minimum absolute atomic E-state index is 0.641. The van der Waals surface area contributed by atoms with Gasteiger partial charge in [-0.1, -0.05) is 158 Å². The Hall–Kier alpha value is -7.56. The Balaban J connectivity index is 1.17. The standard InChI is InChI=1S/C53H36N4/c1-3-4-15-35-30-31-43-46-32-45-42-21-11-13-25-48(42)57(50(45)33-49(46)56(52(43)34(35)2)39-18-6-5-7-19-39)53-54-47-24-12-10-22-44(47)51(55-53)38-28-26-37(27-29-38)41-23-14-17-36-16-8-9-20-40(36)41/h3-33H,1H2,2H3/b15-4-. The average molecular weight is 729 g/mol. The average Bonchev–Trinajstić information content (AvgIpc) is 3.77. The van der Waals surface area contributed by atoms with E-state index in [0.29, 0.717) is 5.95 Å². The van der Waals surface area contributed by atoms with Gasteiger partial charge in [0.1, 0.15) is 0 Å². The first-order chi connectivity index (χ1) is 28.2. The highest BCUT2D eigenvalue weighted by atomic mass is 15.2. The van der Waals surface area contributed by atoms with E-state index < -0.39 is 0 Å². The van der Waals surface area contributed by atoms with Crippen molar-refractivity contribution in [2.24, 2.45) is 0 Å². The number of nitrogens with zero attached hydrogens (tertiary/aromatic N) is 4. The Bertz CT molecular complexity index is 3410. The highest BCUT2D eigenvalue weighted by Gasteiger charge is 2.22. The number of hydrogen-bond donors (Lipinski definition) is 0. The van der Waals surface area contributed by atoms with Crippen LogP contribution in [0.2, 0.25) is 0 Å². The molecular weight excluding hydrogens is 693 g/mol. The molecule has 0 aliphatic heterocycles. The minimum Gasteiger partial charge on any atom is -0.309 e. The van der Waals surface area contributed by atoms with Crippen molar-refractivity contribution in [2.75, 3.05) is 0 Å². The van der Waals surface area contributed by atoms with E-state index in [4.69, 9.17) is 9.97 Å². The molecule has 0 fully saturated rings. The van der Waals surface area contributed by atoms with E-state index in [1.165, 1.54) is 49.3 Å². The zero-order valence-electron chi connectivity index (χ0n) is 31.4. The summed E-state index contributed by atoms with van der Waals surface area (Å²) < 4.78 is 4.67. The second kappa shape index (κ2) is 13.0. The lowest BCUT2D eigenvalue weighted by Gasteiger charge is -2.13. The van der Waals surface area contributed by atoms with Crippen LogP contribution in [0.4, 0.5) is 0 Å². The smallest absolute Gasteiger partial charge is 0.235 e. The molecule has 11 rings (SSSR count). The number of benzene rings is 8. The van der Waals surface area contributed by atoms with Crippen LogP contribution >= 0.6 is 0 Å².